The highest BCUT2D eigenvalue weighted by molar-refractivity contribution is 5.77. The van der Waals surface area contributed by atoms with E-state index in [9.17, 15) is 14.4 Å². The predicted octanol–water partition coefficient (Wildman–Crippen LogP) is 7.04. The summed E-state index contributed by atoms with van der Waals surface area (Å²) in [5.41, 5.74) is 4.60. The van der Waals surface area contributed by atoms with E-state index in [2.05, 4.69) is 45.9 Å². The van der Waals surface area contributed by atoms with E-state index < -0.39 is 17.9 Å². The van der Waals surface area contributed by atoms with Crippen LogP contribution in [0, 0.1) is 0 Å². The van der Waals surface area contributed by atoms with Crippen LogP contribution in [0.5, 0.6) is 0 Å². The summed E-state index contributed by atoms with van der Waals surface area (Å²) >= 11 is 0. The predicted molar refractivity (Wildman–Crippen MR) is 230 cm³/mol. The molecule has 24 heteroatoms. The molecule has 24 nitrogen and oxygen atoms in total. The fourth-order valence-electron chi connectivity index (χ4n) is 6.83. The van der Waals surface area contributed by atoms with Gasteiger partial charge in [0.1, 0.15) is 0 Å². The molecule has 0 unspecified atom stereocenters. The first-order valence-corrected chi connectivity index (χ1v) is 20.7. The molecule has 6 heterocycles. The van der Waals surface area contributed by atoms with Gasteiger partial charge >= 0.3 is 17.9 Å². The van der Waals surface area contributed by atoms with Gasteiger partial charge in [0, 0.05) is 69.3 Å². The lowest BCUT2D eigenvalue weighted by Gasteiger charge is -2.03. The summed E-state index contributed by atoms with van der Waals surface area (Å²) < 4.78 is 33.2. The third kappa shape index (κ3) is 9.74. The number of aromatic nitrogens is 12. The molecule has 0 bridgehead atoms. The van der Waals surface area contributed by atoms with Crippen molar-refractivity contribution in [2.45, 2.75) is 38.5 Å². The fraction of sp³-hybridized carbons (Fsp3) is 0.133. The minimum Gasteiger partial charge on any atom is -0.481 e. The Morgan fingerprint density at radius 1 is 0.333 bits per heavy atom. The van der Waals surface area contributed by atoms with Gasteiger partial charge in [0.15, 0.2) is 0 Å². The maximum absolute atomic E-state index is 11.0. The number of nitrogens with zero attached hydrogens (tertiary/aromatic N) is 12. The molecule has 10 aromatic rings. The van der Waals surface area contributed by atoms with Crippen molar-refractivity contribution >= 4 is 17.9 Å². The van der Waals surface area contributed by atoms with E-state index in [1.807, 2.05) is 0 Å². The normalized spacial score (nSPS) is 11.3. The van der Waals surface area contributed by atoms with Crippen LogP contribution >= 0.6 is 0 Å². The van der Waals surface area contributed by atoms with E-state index in [0.29, 0.717) is 50.1 Å². The van der Waals surface area contributed by atoms with Gasteiger partial charge in [0.25, 0.3) is 17.7 Å². The molecule has 0 amide bonds. The lowest BCUT2D eigenvalue weighted by atomic mass is 10.0. The van der Waals surface area contributed by atoms with E-state index in [0.717, 1.165) is 0 Å². The summed E-state index contributed by atoms with van der Waals surface area (Å²) in [5, 5.41) is 51.8. The molecule has 3 N–H and O–H groups in total. The lowest BCUT2D eigenvalue weighted by Crippen LogP contribution is -1.97. The third-order valence-corrected chi connectivity index (χ3v) is 10.2. The monoisotopic (exact) mass is 930 g/mol. The van der Waals surface area contributed by atoms with Crippen LogP contribution in [0.3, 0.4) is 0 Å². The zero-order valence-electron chi connectivity index (χ0n) is 35.3. The quantitative estimate of drug-likeness (QED) is 0.0776. The molecule has 0 aliphatic rings. The molecule has 0 atom stereocenters. The van der Waals surface area contributed by atoms with E-state index >= 15 is 0 Å². The van der Waals surface area contributed by atoms with Gasteiger partial charge in [-0.25, -0.2) is 0 Å². The van der Waals surface area contributed by atoms with Crippen LogP contribution in [0.15, 0.2) is 118 Å². The van der Waals surface area contributed by atoms with E-state index in [4.69, 9.17) is 57.4 Å². The van der Waals surface area contributed by atoms with Crippen molar-refractivity contribution in [3.05, 3.63) is 109 Å². The van der Waals surface area contributed by atoms with E-state index in [-0.39, 0.29) is 109 Å². The number of rotatable bonds is 18. The minimum absolute atomic E-state index is 0.0789. The molecule has 6 aromatic heterocycles. The minimum atomic E-state index is -0.987. The van der Waals surface area contributed by atoms with Crippen LogP contribution < -0.4 is 0 Å². The van der Waals surface area contributed by atoms with Gasteiger partial charge in [-0.05, 0) is 36.4 Å². The van der Waals surface area contributed by atoms with Crippen molar-refractivity contribution in [2.75, 3.05) is 0 Å². The summed E-state index contributed by atoms with van der Waals surface area (Å²) in [6.07, 6.45) is -0.247. The van der Waals surface area contributed by atoms with Gasteiger partial charge < -0.3 is 42.5 Å². The van der Waals surface area contributed by atoms with Crippen molar-refractivity contribution in [2.24, 2.45) is 0 Å². The molecule has 0 spiro atoms. The molecular formula is C45H30N12O12. The third-order valence-electron chi connectivity index (χ3n) is 10.2. The zero-order valence-corrected chi connectivity index (χ0v) is 35.3. The maximum Gasteiger partial charge on any atom is 0.303 e. The largest absolute Gasteiger partial charge is 0.481 e. The number of benzene rings is 4. The highest BCUT2D eigenvalue weighted by Crippen LogP contribution is 2.35. The summed E-state index contributed by atoms with van der Waals surface area (Å²) in [6, 6.07) is 26.2. The molecule has 342 valence electrons. The first-order valence-electron chi connectivity index (χ1n) is 20.7. The molecular weight excluding hydrogens is 901 g/mol. The molecule has 69 heavy (non-hydrogen) atoms. The number of hydrogen-bond donors (Lipinski definition) is 3. The standard InChI is InChI=1S/C45H30N12O12/c58-34(59)13-10-31-46-37(52-64-31)22-4-1-7-25(16-22)40-49-43(67-55-40)28-19-29(44-50-41(56-68-44)26-8-2-5-23(17-26)38-47-32(65-53-38)11-14-35(60)61)21-30(20-28)45-51-42(57-69-45)27-9-3-6-24(18-27)39-48-33(66-54-39)12-15-36(62)63/h1-9,16-21H,10-15H2,(H,58,59)(H,60,61)(H,62,63). The van der Waals surface area contributed by atoms with Crippen molar-refractivity contribution < 1.29 is 56.8 Å². The zero-order chi connectivity index (χ0) is 47.4. The van der Waals surface area contributed by atoms with Crippen LogP contribution in [0.4, 0.5) is 0 Å². The number of aliphatic carboxylic acids is 3. The van der Waals surface area contributed by atoms with Crippen molar-refractivity contribution in [1.82, 2.24) is 60.8 Å². The Bertz CT molecular complexity index is 3140. The van der Waals surface area contributed by atoms with Crippen molar-refractivity contribution in [3.63, 3.8) is 0 Å². The Morgan fingerprint density at radius 3 is 0.826 bits per heavy atom. The van der Waals surface area contributed by atoms with Gasteiger partial charge in [0.05, 0.1) is 19.3 Å². The van der Waals surface area contributed by atoms with Gasteiger partial charge in [-0.3, -0.25) is 14.4 Å². The Labute approximate surface area is 384 Å². The van der Waals surface area contributed by atoms with Crippen LogP contribution in [0.1, 0.15) is 36.9 Å². The lowest BCUT2D eigenvalue weighted by molar-refractivity contribution is -0.138. The topological polar surface area (TPSA) is 345 Å². The fourth-order valence-corrected chi connectivity index (χ4v) is 6.83. The molecule has 10 rings (SSSR count). The molecule has 0 radical (unpaired) electrons. The number of aryl methyl sites for hydroxylation is 3. The average molecular weight is 931 g/mol. The molecule has 0 aliphatic heterocycles. The maximum atomic E-state index is 11.0. The number of carboxylic acid groups (broad SMARTS) is 3. The van der Waals surface area contributed by atoms with Crippen molar-refractivity contribution in [3.8, 4) is 103 Å². The van der Waals surface area contributed by atoms with Crippen LogP contribution in [0.25, 0.3) is 103 Å². The molecule has 0 saturated carbocycles. The number of carbonyl (C=O) groups is 3. The molecule has 0 saturated heterocycles. The second-order valence-corrected chi connectivity index (χ2v) is 15.0. The van der Waals surface area contributed by atoms with E-state index in [1.54, 1.807) is 91.0 Å². The van der Waals surface area contributed by atoms with Crippen LogP contribution in [-0.4, -0.2) is 94.1 Å². The average Bonchev–Trinajstić information content (AvgIpc) is 4.23. The van der Waals surface area contributed by atoms with Gasteiger partial charge in [-0.1, -0.05) is 85.5 Å². The summed E-state index contributed by atoms with van der Waals surface area (Å²) in [7, 11) is 0. The Kier molecular flexibility index (Phi) is 11.6. The summed E-state index contributed by atoms with van der Waals surface area (Å²) in [5.74, 6) is -0.701. The van der Waals surface area contributed by atoms with Crippen LogP contribution in [0.2, 0.25) is 0 Å². The Balaban J connectivity index is 0.974. The Morgan fingerprint density at radius 2 is 0.565 bits per heavy atom. The summed E-state index contributed by atoms with van der Waals surface area (Å²) in [6.45, 7) is 0. The number of hydrogen-bond acceptors (Lipinski definition) is 21. The molecule has 4 aromatic carbocycles. The van der Waals surface area contributed by atoms with Crippen LogP contribution in [-0.2, 0) is 33.6 Å². The molecule has 0 aliphatic carbocycles. The highest BCUT2D eigenvalue weighted by atomic mass is 16.5. The second-order valence-electron chi connectivity index (χ2n) is 15.0. The van der Waals surface area contributed by atoms with Crippen molar-refractivity contribution in [1.29, 1.82) is 0 Å². The summed E-state index contributed by atoms with van der Waals surface area (Å²) in [4.78, 5) is 60.2. The first kappa shape index (κ1) is 43.0. The van der Waals surface area contributed by atoms with E-state index in [1.165, 1.54) is 0 Å². The SMILES string of the molecule is O=C(O)CCc1nc(-c2cccc(-c3noc(-c4cc(-c5nc(-c6cccc(-c7noc(CCC(=O)O)n7)c6)no5)cc(-c5nc(-c6cccc(-c7noc(CCC(=O)O)n7)c6)no5)c4)n3)c2)no1. The first-order chi connectivity index (χ1) is 33.6. The number of carboxylic acids is 3. The van der Waals surface area contributed by atoms with Gasteiger partial charge in [-0.15, -0.1) is 0 Å². The Hall–Kier alpha value is -9.87. The van der Waals surface area contributed by atoms with Gasteiger partial charge in [0.2, 0.25) is 52.6 Å². The molecule has 0 fully saturated rings. The highest BCUT2D eigenvalue weighted by Gasteiger charge is 2.22. The smallest absolute Gasteiger partial charge is 0.303 e. The van der Waals surface area contributed by atoms with Gasteiger partial charge in [-0.2, -0.15) is 29.9 Å². The second kappa shape index (κ2) is 18.6.